The van der Waals surface area contributed by atoms with Gasteiger partial charge in [0.25, 0.3) is 0 Å². The van der Waals surface area contributed by atoms with Crippen molar-refractivity contribution in [3.8, 4) is 28.6 Å². The number of likely N-dealkylation sites (tertiary alicyclic amines) is 1. The molecule has 2 aromatic carbocycles. The summed E-state index contributed by atoms with van der Waals surface area (Å²) >= 11 is 0. The Labute approximate surface area is 171 Å². The van der Waals surface area contributed by atoms with Crippen molar-refractivity contribution in [3.05, 3.63) is 42.1 Å². The minimum Gasteiger partial charge on any atom is -0.497 e. The molecule has 29 heavy (non-hydrogen) atoms. The Bertz CT molecular complexity index is 1000. The Morgan fingerprint density at radius 2 is 1.83 bits per heavy atom. The number of rotatable bonds is 7. The molecule has 6 heteroatoms. The van der Waals surface area contributed by atoms with E-state index in [0.29, 0.717) is 23.9 Å². The summed E-state index contributed by atoms with van der Waals surface area (Å²) in [6, 6.07) is 9.82. The van der Waals surface area contributed by atoms with Crippen molar-refractivity contribution in [1.82, 2.24) is 14.9 Å². The van der Waals surface area contributed by atoms with E-state index in [-0.39, 0.29) is 0 Å². The van der Waals surface area contributed by atoms with Gasteiger partial charge in [0.05, 0.1) is 25.1 Å². The predicted octanol–water partition coefficient (Wildman–Crippen LogP) is 4.10. The maximum atomic E-state index is 6.00. The lowest BCUT2D eigenvalue weighted by atomic mass is 10.1. The highest BCUT2D eigenvalue weighted by Crippen LogP contribution is 2.31. The van der Waals surface area contributed by atoms with E-state index in [1.54, 1.807) is 20.4 Å². The van der Waals surface area contributed by atoms with Crippen LogP contribution in [0.25, 0.3) is 22.3 Å². The zero-order chi connectivity index (χ0) is 20.2. The van der Waals surface area contributed by atoms with Crippen LogP contribution in [0.15, 0.2) is 36.5 Å². The highest BCUT2D eigenvalue weighted by Gasteiger charge is 2.13. The van der Waals surface area contributed by atoms with Crippen LogP contribution < -0.4 is 14.2 Å². The number of ether oxygens (including phenoxy) is 3. The number of benzene rings is 2. The first-order valence-electron chi connectivity index (χ1n) is 10.0. The van der Waals surface area contributed by atoms with E-state index in [9.17, 15) is 0 Å². The summed E-state index contributed by atoms with van der Waals surface area (Å²) in [7, 11) is 3.27. The molecule has 4 rings (SSSR count). The fourth-order valence-electron chi connectivity index (χ4n) is 3.75. The number of aromatic nitrogens is 2. The van der Waals surface area contributed by atoms with Crippen molar-refractivity contribution in [2.24, 2.45) is 0 Å². The molecular formula is C23H27N3O3. The molecule has 0 saturated carbocycles. The monoisotopic (exact) mass is 393 g/mol. The Morgan fingerprint density at radius 1 is 1.00 bits per heavy atom. The number of fused-ring (bicyclic) bond motifs is 1. The van der Waals surface area contributed by atoms with Gasteiger partial charge in [-0.25, -0.2) is 9.97 Å². The van der Waals surface area contributed by atoms with Crippen molar-refractivity contribution >= 4 is 10.9 Å². The Balaban J connectivity index is 1.54. The second-order valence-electron chi connectivity index (χ2n) is 7.33. The third-order valence-electron chi connectivity index (χ3n) is 5.39. The van der Waals surface area contributed by atoms with Crippen molar-refractivity contribution in [3.63, 3.8) is 0 Å². The van der Waals surface area contributed by atoms with Gasteiger partial charge in [0.1, 0.15) is 23.9 Å². The van der Waals surface area contributed by atoms with E-state index in [2.05, 4.69) is 22.9 Å². The van der Waals surface area contributed by atoms with Crippen LogP contribution in [0.5, 0.6) is 17.2 Å². The molecule has 1 saturated heterocycles. The van der Waals surface area contributed by atoms with Crippen LogP contribution in [0.1, 0.15) is 18.4 Å². The zero-order valence-electron chi connectivity index (χ0n) is 17.3. The minimum absolute atomic E-state index is 0.666. The molecule has 1 aliphatic heterocycles. The number of nitrogens with zero attached hydrogens (tertiary/aromatic N) is 3. The normalized spacial score (nSPS) is 14.3. The molecule has 2 heterocycles. The van der Waals surface area contributed by atoms with Crippen LogP contribution >= 0.6 is 0 Å². The summed E-state index contributed by atoms with van der Waals surface area (Å²) in [5, 5.41) is 0.857. The van der Waals surface area contributed by atoms with Gasteiger partial charge in [-0.2, -0.15) is 0 Å². The first-order chi connectivity index (χ1) is 14.2. The van der Waals surface area contributed by atoms with Gasteiger partial charge in [-0.05, 0) is 56.6 Å². The minimum atomic E-state index is 0.666. The number of hydrogen-bond acceptors (Lipinski definition) is 6. The zero-order valence-corrected chi connectivity index (χ0v) is 17.3. The second kappa shape index (κ2) is 8.66. The topological polar surface area (TPSA) is 56.7 Å². The molecule has 0 atom stereocenters. The SMILES string of the molecule is COc1cc(OC)c2cnc(-c3ccc(OCCN4CCCC4)c(C)c3)nc2c1. The quantitative estimate of drug-likeness (QED) is 0.602. The van der Waals surface area contributed by atoms with Crippen molar-refractivity contribution < 1.29 is 14.2 Å². The van der Waals surface area contributed by atoms with E-state index in [1.807, 2.05) is 24.3 Å². The van der Waals surface area contributed by atoms with Crippen LogP contribution in [0.4, 0.5) is 0 Å². The second-order valence-corrected chi connectivity index (χ2v) is 7.33. The van der Waals surface area contributed by atoms with E-state index >= 15 is 0 Å². The van der Waals surface area contributed by atoms with E-state index in [4.69, 9.17) is 19.2 Å². The van der Waals surface area contributed by atoms with Crippen LogP contribution in [-0.4, -0.2) is 55.3 Å². The number of methoxy groups -OCH3 is 2. The molecule has 0 bridgehead atoms. The van der Waals surface area contributed by atoms with Crippen LogP contribution in [-0.2, 0) is 0 Å². The highest BCUT2D eigenvalue weighted by atomic mass is 16.5. The largest absolute Gasteiger partial charge is 0.497 e. The molecule has 1 fully saturated rings. The van der Waals surface area contributed by atoms with Crippen LogP contribution in [0, 0.1) is 6.92 Å². The summed E-state index contributed by atoms with van der Waals surface area (Å²) in [5.41, 5.74) is 2.82. The third kappa shape index (κ3) is 4.27. The van der Waals surface area contributed by atoms with Crippen molar-refractivity contribution in [2.45, 2.75) is 19.8 Å². The van der Waals surface area contributed by atoms with E-state index in [1.165, 1.54) is 25.9 Å². The molecule has 1 aliphatic rings. The van der Waals surface area contributed by atoms with Gasteiger partial charge in [-0.3, -0.25) is 4.90 Å². The van der Waals surface area contributed by atoms with Crippen LogP contribution in [0.3, 0.4) is 0 Å². The molecule has 0 unspecified atom stereocenters. The summed E-state index contributed by atoms with van der Waals surface area (Å²) in [4.78, 5) is 11.7. The number of aryl methyl sites for hydroxylation is 1. The van der Waals surface area contributed by atoms with Crippen molar-refractivity contribution in [2.75, 3.05) is 40.5 Å². The van der Waals surface area contributed by atoms with Gasteiger partial charge in [0, 0.05) is 30.4 Å². The van der Waals surface area contributed by atoms with E-state index in [0.717, 1.165) is 34.3 Å². The molecule has 1 aromatic heterocycles. The van der Waals surface area contributed by atoms with Gasteiger partial charge in [0.15, 0.2) is 5.82 Å². The molecule has 6 nitrogen and oxygen atoms in total. The van der Waals surface area contributed by atoms with Gasteiger partial charge in [-0.15, -0.1) is 0 Å². The maximum Gasteiger partial charge on any atom is 0.159 e. The average molecular weight is 393 g/mol. The third-order valence-corrected chi connectivity index (χ3v) is 5.39. The summed E-state index contributed by atoms with van der Waals surface area (Å²) in [5.74, 6) is 2.98. The maximum absolute atomic E-state index is 6.00. The molecule has 0 amide bonds. The fourth-order valence-corrected chi connectivity index (χ4v) is 3.75. The number of hydrogen-bond donors (Lipinski definition) is 0. The lowest BCUT2D eigenvalue weighted by Crippen LogP contribution is -2.25. The fraction of sp³-hybridized carbons (Fsp3) is 0.391. The van der Waals surface area contributed by atoms with Gasteiger partial charge in [-0.1, -0.05) is 0 Å². The molecule has 0 spiro atoms. The van der Waals surface area contributed by atoms with E-state index < -0.39 is 0 Å². The van der Waals surface area contributed by atoms with Gasteiger partial charge >= 0.3 is 0 Å². The summed E-state index contributed by atoms with van der Waals surface area (Å²) < 4.78 is 16.8. The smallest absolute Gasteiger partial charge is 0.159 e. The molecule has 0 radical (unpaired) electrons. The molecule has 152 valence electrons. The Morgan fingerprint density at radius 3 is 2.55 bits per heavy atom. The summed E-state index contributed by atoms with van der Waals surface area (Å²) in [6.45, 7) is 6.14. The molecule has 0 aliphatic carbocycles. The lowest BCUT2D eigenvalue weighted by molar-refractivity contribution is 0.237. The van der Waals surface area contributed by atoms with Gasteiger partial charge < -0.3 is 14.2 Å². The first kappa shape index (κ1) is 19.5. The lowest BCUT2D eigenvalue weighted by Gasteiger charge is -2.16. The first-order valence-corrected chi connectivity index (χ1v) is 10.0. The summed E-state index contributed by atoms with van der Waals surface area (Å²) in [6.07, 6.45) is 4.40. The Kier molecular flexibility index (Phi) is 5.81. The molecular weight excluding hydrogens is 366 g/mol. The predicted molar refractivity (Wildman–Crippen MR) is 114 cm³/mol. The average Bonchev–Trinajstić information content (AvgIpc) is 3.27. The molecule has 3 aromatic rings. The Hall–Kier alpha value is -2.86. The van der Waals surface area contributed by atoms with Crippen LogP contribution in [0.2, 0.25) is 0 Å². The van der Waals surface area contributed by atoms with Crippen molar-refractivity contribution in [1.29, 1.82) is 0 Å². The highest BCUT2D eigenvalue weighted by molar-refractivity contribution is 5.87. The standard InChI is InChI=1S/C23H27N3O3/c1-16-12-17(6-7-21(16)29-11-10-26-8-4-5-9-26)23-24-15-19-20(25-23)13-18(27-2)14-22(19)28-3/h6-7,12-15H,4-5,8-11H2,1-3H3. The van der Waals surface area contributed by atoms with Gasteiger partial charge in [0.2, 0.25) is 0 Å². The molecule has 0 N–H and O–H groups in total.